The standard InChI is InChI=1S/C17H21N3O/c1-12-8-9-16(15(10-12)17(18)19-21)20(3)11-14-7-5-4-6-13(14)2/h4-10,21H,11H2,1-3H3,(H2,18,19). The summed E-state index contributed by atoms with van der Waals surface area (Å²) >= 11 is 0. The second kappa shape index (κ2) is 6.31. The van der Waals surface area contributed by atoms with Gasteiger partial charge in [-0.1, -0.05) is 41.1 Å². The maximum atomic E-state index is 8.96. The van der Waals surface area contributed by atoms with Gasteiger partial charge in [0.25, 0.3) is 0 Å². The SMILES string of the molecule is Cc1ccc(N(C)Cc2ccccc2C)c(/C(N)=N/O)c1. The van der Waals surface area contributed by atoms with E-state index < -0.39 is 0 Å². The highest BCUT2D eigenvalue weighted by molar-refractivity contribution is 6.02. The fraction of sp³-hybridized carbons (Fsp3) is 0.235. The van der Waals surface area contributed by atoms with Crippen LogP contribution in [-0.2, 0) is 6.54 Å². The van der Waals surface area contributed by atoms with E-state index in [0.29, 0.717) is 0 Å². The quantitative estimate of drug-likeness (QED) is 0.392. The largest absolute Gasteiger partial charge is 0.409 e. The van der Waals surface area contributed by atoms with Gasteiger partial charge in [-0.3, -0.25) is 0 Å². The summed E-state index contributed by atoms with van der Waals surface area (Å²) in [6.07, 6.45) is 0. The first-order valence-corrected chi connectivity index (χ1v) is 6.87. The van der Waals surface area contributed by atoms with E-state index in [1.807, 2.05) is 44.3 Å². The van der Waals surface area contributed by atoms with Crippen LogP contribution in [0.25, 0.3) is 0 Å². The monoisotopic (exact) mass is 283 g/mol. The van der Waals surface area contributed by atoms with Crippen molar-refractivity contribution in [3.8, 4) is 0 Å². The second-order valence-corrected chi connectivity index (χ2v) is 5.29. The molecule has 0 radical (unpaired) electrons. The average molecular weight is 283 g/mol. The normalized spacial score (nSPS) is 11.5. The van der Waals surface area contributed by atoms with Crippen molar-refractivity contribution >= 4 is 11.5 Å². The fourth-order valence-corrected chi connectivity index (χ4v) is 2.37. The van der Waals surface area contributed by atoms with Gasteiger partial charge < -0.3 is 15.8 Å². The molecule has 0 bridgehead atoms. The van der Waals surface area contributed by atoms with Crippen molar-refractivity contribution in [2.75, 3.05) is 11.9 Å². The molecule has 0 heterocycles. The highest BCUT2D eigenvalue weighted by Gasteiger charge is 2.12. The van der Waals surface area contributed by atoms with E-state index in [0.717, 1.165) is 23.4 Å². The summed E-state index contributed by atoms with van der Waals surface area (Å²) in [4.78, 5) is 2.11. The van der Waals surface area contributed by atoms with Crippen LogP contribution in [0.5, 0.6) is 0 Å². The number of rotatable bonds is 4. The number of nitrogens with zero attached hydrogens (tertiary/aromatic N) is 2. The molecule has 0 amide bonds. The molecule has 0 saturated carbocycles. The molecule has 0 fully saturated rings. The molecule has 110 valence electrons. The highest BCUT2D eigenvalue weighted by atomic mass is 16.4. The van der Waals surface area contributed by atoms with E-state index in [2.05, 4.69) is 29.1 Å². The van der Waals surface area contributed by atoms with Gasteiger partial charge >= 0.3 is 0 Å². The predicted octanol–water partition coefficient (Wildman–Crippen LogP) is 3.03. The second-order valence-electron chi connectivity index (χ2n) is 5.29. The number of oxime groups is 1. The Morgan fingerprint density at radius 1 is 1.19 bits per heavy atom. The Morgan fingerprint density at radius 3 is 2.57 bits per heavy atom. The lowest BCUT2D eigenvalue weighted by Gasteiger charge is -2.23. The molecule has 2 aromatic carbocycles. The molecule has 21 heavy (non-hydrogen) atoms. The van der Waals surface area contributed by atoms with Gasteiger partial charge in [0.2, 0.25) is 0 Å². The molecule has 2 rings (SSSR count). The van der Waals surface area contributed by atoms with Gasteiger partial charge in [-0.15, -0.1) is 0 Å². The Kier molecular flexibility index (Phi) is 4.48. The average Bonchev–Trinajstić information content (AvgIpc) is 2.48. The molecule has 3 N–H and O–H groups in total. The van der Waals surface area contributed by atoms with Crippen LogP contribution in [0.15, 0.2) is 47.6 Å². The molecule has 0 unspecified atom stereocenters. The lowest BCUT2D eigenvalue weighted by Crippen LogP contribution is -2.23. The molecule has 0 aliphatic carbocycles. The molecular formula is C17H21N3O. The van der Waals surface area contributed by atoms with Gasteiger partial charge in [0, 0.05) is 24.8 Å². The number of benzene rings is 2. The summed E-state index contributed by atoms with van der Waals surface area (Å²) in [6, 6.07) is 14.2. The van der Waals surface area contributed by atoms with Crippen LogP contribution in [0.4, 0.5) is 5.69 Å². The van der Waals surface area contributed by atoms with Crippen molar-refractivity contribution in [1.29, 1.82) is 0 Å². The van der Waals surface area contributed by atoms with Crippen LogP contribution in [0, 0.1) is 13.8 Å². The number of amidine groups is 1. The minimum atomic E-state index is 0.130. The Hall–Kier alpha value is -2.49. The Balaban J connectivity index is 2.35. The minimum Gasteiger partial charge on any atom is -0.409 e. The van der Waals surface area contributed by atoms with Crippen molar-refractivity contribution in [2.45, 2.75) is 20.4 Å². The van der Waals surface area contributed by atoms with Crippen molar-refractivity contribution in [1.82, 2.24) is 0 Å². The first-order valence-electron chi connectivity index (χ1n) is 6.87. The van der Waals surface area contributed by atoms with E-state index in [4.69, 9.17) is 10.9 Å². The van der Waals surface area contributed by atoms with Gasteiger partial charge in [-0.2, -0.15) is 0 Å². The third-order valence-electron chi connectivity index (χ3n) is 3.62. The minimum absolute atomic E-state index is 0.130. The van der Waals surface area contributed by atoms with E-state index in [1.165, 1.54) is 11.1 Å². The number of anilines is 1. The van der Waals surface area contributed by atoms with Crippen molar-refractivity contribution < 1.29 is 5.21 Å². The van der Waals surface area contributed by atoms with Crippen molar-refractivity contribution in [3.05, 3.63) is 64.7 Å². The summed E-state index contributed by atoms with van der Waals surface area (Å²) in [5.41, 5.74) is 11.1. The molecule has 0 aromatic heterocycles. The van der Waals surface area contributed by atoms with Crippen LogP contribution in [0.3, 0.4) is 0 Å². The third-order valence-corrected chi connectivity index (χ3v) is 3.62. The maximum absolute atomic E-state index is 8.96. The number of nitrogens with two attached hydrogens (primary N) is 1. The van der Waals surface area contributed by atoms with E-state index in [1.54, 1.807) is 0 Å². The lowest BCUT2D eigenvalue weighted by molar-refractivity contribution is 0.318. The first kappa shape index (κ1) is 14.9. The van der Waals surface area contributed by atoms with Crippen LogP contribution >= 0.6 is 0 Å². The van der Waals surface area contributed by atoms with Gasteiger partial charge in [0.1, 0.15) is 0 Å². The van der Waals surface area contributed by atoms with E-state index in [-0.39, 0.29) is 5.84 Å². The van der Waals surface area contributed by atoms with Crippen LogP contribution in [0.2, 0.25) is 0 Å². The van der Waals surface area contributed by atoms with E-state index >= 15 is 0 Å². The number of aryl methyl sites for hydroxylation is 2. The zero-order chi connectivity index (χ0) is 15.4. The summed E-state index contributed by atoms with van der Waals surface area (Å²) in [5, 5.41) is 12.1. The topological polar surface area (TPSA) is 61.8 Å². The van der Waals surface area contributed by atoms with E-state index in [9.17, 15) is 0 Å². The summed E-state index contributed by atoms with van der Waals surface area (Å²) in [7, 11) is 2.01. The van der Waals surface area contributed by atoms with Gasteiger partial charge in [0.15, 0.2) is 5.84 Å². The number of hydrogen-bond donors (Lipinski definition) is 2. The Labute approximate surface area is 125 Å². The van der Waals surface area contributed by atoms with Crippen LogP contribution in [-0.4, -0.2) is 18.1 Å². The van der Waals surface area contributed by atoms with Gasteiger partial charge in [-0.05, 0) is 37.1 Å². The molecule has 0 saturated heterocycles. The maximum Gasteiger partial charge on any atom is 0.172 e. The smallest absolute Gasteiger partial charge is 0.172 e. The summed E-state index contributed by atoms with van der Waals surface area (Å²) in [6.45, 7) is 4.85. The van der Waals surface area contributed by atoms with Crippen molar-refractivity contribution in [3.63, 3.8) is 0 Å². The third kappa shape index (κ3) is 3.34. The zero-order valence-electron chi connectivity index (χ0n) is 12.7. The molecule has 2 aromatic rings. The van der Waals surface area contributed by atoms with Crippen molar-refractivity contribution in [2.24, 2.45) is 10.9 Å². The molecule has 4 heteroatoms. The number of hydrogen-bond acceptors (Lipinski definition) is 3. The van der Waals surface area contributed by atoms with Crippen LogP contribution < -0.4 is 10.6 Å². The molecule has 0 aliphatic rings. The molecule has 0 aliphatic heterocycles. The Morgan fingerprint density at radius 2 is 1.90 bits per heavy atom. The van der Waals surface area contributed by atoms with Gasteiger partial charge in [-0.25, -0.2) is 0 Å². The highest BCUT2D eigenvalue weighted by Crippen LogP contribution is 2.23. The first-order chi connectivity index (χ1) is 10.0. The Bertz CT molecular complexity index is 665. The molecule has 4 nitrogen and oxygen atoms in total. The molecular weight excluding hydrogens is 262 g/mol. The van der Waals surface area contributed by atoms with Crippen LogP contribution in [0.1, 0.15) is 22.3 Å². The molecule has 0 atom stereocenters. The zero-order valence-corrected chi connectivity index (χ0v) is 12.7. The molecule has 0 spiro atoms. The lowest BCUT2D eigenvalue weighted by atomic mass is 10.1. The fourth-order valence-electron chi connectivity index (χ4n) is 2.37. The summed E-state index contributed by atoms with van der Waals surface area (Å²) in [5.74, 6) is 0.130. The van der Waals surface area contributed by atoms with Gasteiger partial charge in [0.05, 0.1) is 0 Å². The summed E-state index contributed by atoms with van der Waals surface area (Å²) < 4.78 is 0. The predicted molar refractivity (Wildman–Crippen MR) is 87.0 cm³/mol.